The molecule has 0 saturated heterocycles. The molecule has 3 N–H and O–H groups in total. The zero-order chi connectivity index (χ0) is 12.5. The number of aromatic nitrogens is 1. The molecule has 2 unspecified atom stereocenters. The van der Waals surface area contributed by atoms with Crippen LogP contribution in [0.5, 0.6) is 0 Å². The molecule has 1 amide bonds. The number of aryl methyl sites for hydroxylation is 1. The van der Waals surface area contributed by atoms with E-state index >= 15 is 0 Å². The molecular weight excluding hydrogens is 218 g/mol. The smallest absolute Gasteiger partial charge is 0.227 e. The van der Waals surface area contributed by atoms with Crippen molar-refractivity contribution >= 4 is 5.91 Å². The summed E-state index contributed by atoms with van der Waals surface area (Å²) in [6.45, 7) is 4.16. The third-order valence-corrected chi connectivity index (χ3v) is 3.65. The Morgan fingerprint density at radius 1 is 1.76 bits per heavy atom. The fourth-order valence-electron chi connectivity index (χ4n) is 2.34. The summed E-state index contributed by atoms with van der Waals surface area (Å²) >= 11 is 0. The average Bonchev–Trinajstić information content (AvgIpc) is 2.84. The normalized spacial score (nSPS) is 28.3. The SMILES string of the molecule is Cc1cc(CNC(=O)C2(C)CCCC2N)on1. The van der Waals surface area contributed by atoms with E-state index in [1.54, 1.807) is 0 Å². The molecule has 2 atom stereocenters. The fraction of sp³-hybridized carbons (Fsp3) is 0.667. The highest BCUT2D eigenvalue weighted by Crippen LogP contribution is 2.36. The van der Waals surface area contributed by atoms with Crippen LogP contribution in [0.2, 0.25) is 0 Å². The van der Waals surface area contributed by atoms with Gasteiger partial charge in [0, 0.05) is 12.1 Å². The van der Waals surface area contributed by atoms with Crippen molar-refractivity contribution in [2.24, 2.45) is 11.1 Å². The predicted molar refractivity (Wildman–Crippen MR) is 63.0 cm³/mol. The maximum Gasteiger partial charge on any atom is 0.227 e. The van der Waals surface area contributed by atoms with Crippen molar-refractivity contribution in [2.75, 3.05) is 0 Å². The molecule has 0 bridgehead atoms. The molecule has 1 fully saturated rings. The number of carbonyl (C=O) groups excluding carboxylic acids is 1. The Morgan fingerprint density at radius 3 is 3.06 bits per heavy atom. The van der Waals surface area contributed by atoms with Crippen LogP contribution in [0.4, 0.5) is 0 Å². The van der Waals surface area contributed by atoms with Crippen molar-refractivity contribution in [3.63, 3.8) is 0 Å². The van der Waals surface area contributed by atoms with Crippen LogP contribution >= 0.6 is 0 Å². The molecule has 1 aliphatic carbocycles. The van der Waals surface area contributed by atoms with Crippen molar-refractivity contribution < 1.29 is 9.32 Å². The molecule has 2 rings (SSSR count). The topological polar surface area (TPSA) is 81.2 Å². The van der Waals surface area contributed by atoms with Crippen molar-refractivity contribution in [1.82, 2.24) is 10.5 Å². The Morgan fingerprint density at radius 2 is 2.53 bits per heavy atom. The molecule has 5 nitrogen and oxygen atoms in total. The van der Waals surface area contributed by atoms with Gasteiger partial charge in [0.15, 0.2) is 5.76 Å². The molecule has 0 radical (unpaired) electrons. The first kappa shape index (κ1) is 12.1. The van der Waals surface area contributed by atoms with Crippen LogP contribution < -0.4 is 11.1 Å². The molecular formula is C12H19N3O2. The molecule has 1 aliphatic rings. The summed E-state index contributed by atoms with van der Waals surface area (Å²) in [6, 6.07) is 1.77. The Hall–Kier alpha value is -1.36. The summed E-state index contributed by atoms with van der Waals surface area (Å²) in [4.78, 5) is 12.1. The fourth-order valence-corrected chi connectivity index (χ4v) is 2.34. The van der Waals surface area contributed by atoms with Gasteiger partial charge < -0.3 is 15.6 Å². The van der Waals surface area contributed by atoms with Gasteiger partial charge in [-0.05, 0) is 26.7 Å². The molecule has 1 saturated carbocycles. The summed E-state index contributed by atoms with van der Waals surface area (Å²) < 4.78 is 5.04. The lowest BCUT2D eigenvalue weighted by Gasteiger charge is -2.27. The van der Waals surface area contributed by atoms with Crippen molar-refractivity contribution in [3.8, 4) is 0 Å². The molecule has 0 aliphatic heterocycles. The largest absolute Gasteiger partial charge is 0.359 e. The van der Waals surface area contributed by atoms with Crippen molar-refractivity contribution in [3.05, 3.63) is 17.5 Å². The van der Waals surface area contributed by atoms with Crippen LogP contribution in [0.3, 0.4) is 0 Å². The Labute approximate surface area is 101 Å². The highest BCUT2D eigenvalue weighted by atomic mass is 16.5. The van der Waals surface area contributed by atoms with Gasteiger partial charge in [-0.25, -0.2) is 0 Å². The summed E-state index contributed by atoms with van der Waals surface area (Å²) in [6.07, 6.45) is 2.80. The summed E-state index contributed by atoms with van der Waals surface area (Å²) in [5.74, 6) is 0.683. The first-order chi connectivity index (χ1) is 8.02. The summed E-state index contributed by atoms with van der Waals surface area (Å²) in [5, 5.41) is 6.65. The van der Waals surface area contributed by atoms with Gasteiger partial charge in [-0.15, -0.1) is 0 Å². The molecule has 1 aromatic rings. The lowest BCUT2D eigenvalue weighted by atomic mass is 9.84. The van der Waals surface area contributed by atoms with E-state index in [1.807, 2.05) is 19.9 Å². The second-order valence-electron chi connectivity index (χ2n) is 5.03. The van der Waals surface area contributed by atoms with Crippen LogP contribution in [0.15, 0.2) is 10.6 Å². The van der Waals surface area contributed by atoms with Gasteiger partial charge in [0.1, 0.15) is 0 Å². The van der Waals surface area contributed by atoms with E-state index in [9.17, 15) is 4.79 Å². The average molecular weight is 237 g/mol. The van der Waals surface area contributed by atoms with Crippen LogP contribution in [-0.2, 0) is 11.3 Å². The van der Waals surface area contributed by atoms with E-state index in [2.05, 4.69) is 10.5 Å². The number of hydrogen-bond donors (Lipinski definition) is 2. The van der Waals surface area contributed by atoms with E-state index in [-0.39, 0.29) is 11.9 Å². The van der Waals surface area contributed by atoms with Crippen LogP contribution in [0, 0.1) is 12.3 Å². The Kier molecular flexibility index (Phi) is 3.19. The molecule has 94 valence electrons. The van der Waals surface area contributed by atoms with Crippen LogP contribution in [-0.4, -0.2) is 17.1 Å². The van der Waals surface area contributed by atoms with Crippen LogP contribution in [0.25, 0.3) is 0 Å². The monoisotopic (exact) mass is 237 g/mol. The molecule has 0 aromatic carbocycles. The third-order valence-electron chi connectivity index (χ3n) is 3.65. The molecule has 1 heterocycles. The Bertz CT molecular complexity index is 416. The number of nitrogens with two attached hydrogens (primary N) is 1. The molecule has 0 spiro atoms. The highest BCUT2D eigenvalue weighted by molar-refractivity contribution is 5.83. The maximum atomic E-state index is 12.1. The summed E-state index contributed by atoms with van der Waals surface area (Å²) in [5.41, 5.74) is 6.37. The molecule has 1 aromatic heterocycles. The Balaban J connectivity index is 1.93. The molecule has 17 heavy (non-hydrogen) atoms. The quantitative estimate of drug-likeness (QED) is 0.825. The lowest BCUT2D eigenvalue weighted by molar-refractivity contribution is -0.130. The number of nitrogens with zero attached hydrogens (tertiary/aromatic N) is 1. The van der Waals surface area contributed by atoms with E-state index in [0.29, 0.717) is 12.3 Å². The zero-order valence-corrected chi connectivity index (χ0v) is 10.3. The number of amides is 1. The second kappa shape index (κ2) is 4.49. The van der Waals surface area contributed by atoms with E-state index in [4.69, 9.17) is 10.3 Å². The number of rotatable bonds is 3. The van der Waals surface area contributed by atoms with Gasteiger partial charge in [-0.1, -0.05) is 11.6 Å². The van der Waals surface area contributed by atoms with E-state index < -0.39 is 5.41 Å². The minimum Gasteiger partial charge on any atom is -0.359 e. The van der Waals surface area contributed by atoms with Gasteiger partial charge in [0.2, 0.25) is 5.91 Å². The minimum atomic E-state index is -0.435. The van der Waals surface area contributed by atoms with Gasteiger partial charge in [-0.3, -0.25) is 4.79 Å². The standard InChI is InChI=1S/C12H19N3O2/c1-8-6-9(17-15-8)7-14-11(16)12(2)5-3-4-10(12)13/h6,10H,3-5,7,13H2,1-2H3,(H,14,16). The van der Waals surface area contributed by atoms with Crippen molar-refractivity contribution in [1.29, 1.82) is 0 Å². The van der Waals surface area contributed by atoms with Gasteiger partial charge in [0.05, 0.1) is 17.7 Å². The lowest BCUT2D eigenvalue weighted by Crippen LogP contribution is -2.47. The van der Waals surface area contributed by atoms with Gasteiger partial charge in [-0.2, -0.15) is 0 Å². The van der Waals surface area contributed by atoms with Crippen LogP contribution in [0.1, 0.15) is 37.6 Å². The second-order valence-corrected chi connectivity index (χ2v) is 5.03. The van der Waals surface area contributed by atoms with Gasteiger partial charge in [0.25, 0.3) is 0 Å². The number of hydrogen-bond acceptors (Lipinski definition) is 4. The number of carbonyl (C=O) groups is 1. The van der Waals surface area contributed by atoms with Gasteiger partial charge >= 0.3 is 0 Å². The first-order valence-corrected chi connectivity index (χ1v) is 5.98. The maximum absolute atomic E-state index is 12.1. The van der Waals surface area contributed by atoms with Crippen molar-refractivity contribution in [2.45, 2.75) is 45.7 Å². The molecule has 5 heteroatoms. The summed E-state index contributed by atoms with van der Waals surface area (Å²) in [7, 11) is 0. The third kappa shape index (κ3) is 2.34. The zero-order valence-electron chi connectivity index (χ0n) is 10.3. The van der Waals surface area contributed by atoms with E-state index in [1.165, 1.54) is 0 Å². The minimum absolute atomic E-state index is 0.0107. The number of nitrogens with one attached hydrogen (secondary N) is 1. The van der Waals surface area contributed by atoms with E-state index in [0.717, 1.165) is 25.0 Å². The highest BCUT2D eigenvalue weighted by Gasteiger charge is 2.42. The predicted octanol–water partition coefficient (Wildman–Crippen LogP) is 1.12. The first-order valence-electron chi connectivity index (χ1n) is 5.98.